The Bertz CT molecular complexity index is 1060. The smallest absolute Gasteiger partial charge is 0.333 e. The van der Waals surface area contributed by atoms with Crippen LogP contribution in [0.25, 0.3) is 0 Å². The summed E-state index contributed by atoms with van der Waals surface area (Å²) in [5.41, 5.74) is 0.813. The van der Waals surface area contributed by atoms with Gasteiger partial charge in [-0.15, -0.1) is 0 Å². The number of carbonyl (C=O) groups is 2. The third-order valence-corrected chi connectivity index (χ3v) is 5.69. The second-order valence-corrected chi connectivity index (χ2v) is 8.62. The van der Waals surface area contributed by atoms with Gasteiger partial charge < -0.3 is 29.5 Å². The summed E-state index contributed by atoms with van der Waals surface area (Å²) in [6.45, 7) is 2.23. The van der Waals surface area contributed by atoms with Crippen LogP contribution in [0.4, 0.5) is 22.4 Å². The number of alkyl halides is 2. The van der Waals surface area contributed by atoms with Gasteiger partial charge in [0.2, 0.25) is 0 Å². The normalized spacial score (nSPS) is 12.2. The van der Waals surface area contributed by atoms with E-state index in [1.165, 1.54) is 17.9 Å². The van der Waals surface area contributed by atoms with Crippen molar-refractivity contribution < 1.29 is 46.5 Å². The first-order valence-electron chi connectivity index (χ1n) is 12.5. The van der Waals surface area contributed by atoms with E-state index < -0.39 is 42.3 Å². The van der Waals surface area contributed by atoms with Gasteiger partial charge in [-0.05, 0) is 30.7 Å². The maximum Gasteiger partial charge on any atom is 0.333 e. The quantitative estimate of drug-likeness (QED) is 0.217. The molecule has 1 unspecified atom stereocenters. The van der Waals surface area contributed by atoms with Gasteiger partial charge in [0.1, 0.15) is 30.6 Å². The number of carboxylic acid groups (broad SMARTS) is 1. The third-order valence-electron chi connectivity index (χ3n) is 5.69. The lowest BCUT2D eigenvalue weighted by atomic mass is 10.1. The molecule has 0 aromatic heterocycles. The molecule has 0 saturated carbocycles. The first-order valence-corrected chi connectivity index (χ1v) is 12.5. The second-order valence-electron chi connectivity index (χ2n) is 8.62. The number of nitrogens with zero attached hydrogens (tertiary/aromatic N) is 1. The molecule has 216 valence electrons. The number of amides is 2. The molecule has 2 aromatic rings. The van der Waals surface area contributed by atoms with Crippen molar-refractivity contribution in [1.29, 1.82) is 0 Å². The molecule has 0 fully saturated rings. The summed E-state index contributed by atoms with van der Waals surface area (Å²) in [7, 11) is 0. The van der Waals surface area contributed by atoms with Crippen LogP contribution in [0.3, 0.4) is 0 Å². The van der Waals surface area contributed by atoms with Crippen molar-refractivity contribution in [1.82, 2.24) is 10.2 Å². The fourth-order valence-electron chi connectivity index (χ4n) is 3.39. The summed E-state index contributed by atoms with van der Waals surface area (Å²) in [4.78, 5) is 25.3. The number of aliphatic carboxylic acids is 1. The zero-order chi connectivity index (χ0) is 28.8. The fourth-order valence-corrected chi connectivity index (χ4v) is 3.39. The first-order chi connectivity index (χ1) is 18.5. The van der Waals surface area contributed by atoms with Crippen LogP contribution in [0.15, 0.2) is 42.5 Å². The first kappa shape index (κ1) is 31.8. The largest absolute Gasteiger partial charge is 0.492 e. The molecule has 2 N–H and O–H groups in total. The average Bonchev–Trinajstić information content (AvgIpc) is 2.90. The van der Waals surface area contributed by atoms with Gasteiger partial charge in [-0.1, -0.05) is 25.1 Å². The monoisotopic (exact) mass is 558 g/mol. The molecule has 8 nitrogen and oxygen atoms in total. The molecule has 0 heterocycles. The summed E-state index contributed by atoms with van der Waals surface area (Å²) in [6.07, 6.45) is -1.16. The van der Waals surface area contributed by atoms with Gasteiger partial charge in [0.15, 0.2) is 6.10 Å². The van der Waals surface area contributed by atoms with Crippen molar-refractivity contribution in [2.75, 3.05) is 39.5 Å². The summed E-state index contributed by atoms with van der Waals surface area (Å²) in [5, 5.41) is 11.8. The molecular formula is C27H34F4N2O6. The van der Waals surface area contributed by atoms with E-state index in [-0.39, 0.29) is 57.9 Å². The van der Waals surface area contributed by atoms with Gasteiger partial charge in [0.25, 0.3) is 5.92 Å². The summed E-state index contributed by atoms with van der Waals surface area (Å²) in [5.74, 6) is -5.12. The van der Waals surface area contributed by atoms with Crippen molar-refractivity contribution in [3.05, 3.63) is 65.2 Å². The molecule has 0 bridgehead atoms. The second kappa shape index (κ2) is 15.9. The zero-order valence-corrected chi connectivity index (χ0v) is 21.9. The predicted molar refractivity (Wildman–Crippen MR) is 135 cm³/mol. The number of hydrogen-bond donors (Lipinski definition) is 2. The van der Waals surface area contributed by atoms with E-state index in [0.29, 0.717) is 11.8 Å². The maximum atomic E-state index is 13.9. The minimum absolute atomic E-state index is 0.0339. The number of nitrogens with one attached hydrogen (secondary N) is 1. The molecule has 0 saturated heterocycles. The number of rotatable bonds is 17. The Labute approximate surface area is 224 Å². The third kappa shape index (κ3) is 11.5. The highest BCUT2D eigenvalue weighted by Gasteiger charge is 2.26. The van der Waals surface area contributed by atoms with E-state index in [4.69, 9.17) is 14.2 Å². The van der Waals surface area contributed by atoms with Gasteiger partial charge in [-0.3, -0.25) is 0 Å². The number of ether oxygens (including phenoxy) is 3. The van der Waals surface area contributed by atoms with Crippen LogP contribution in [0, 0.1) is 11.6 Å². The Kier molecular flexibility index (Phi) is 13.0. The Morgan fingerprint density at radius 2 is 1.74 bits per heavy atom. The number of hydrogen-bond acceptors (Lipinski definition) is 5. The Morgan fingerprint density at radius 3 is 2.36 bits per heavy atom. The SMILES string of the molecule is CCOC(Cc1ccc(OCCN(CCOCC(F)(F)CC)C(=O)NCc2ccc(F)cc2F)cc1)C(=O)O. The van der Waals surface area contributed by atoms with Gasteiger partial charge in [0.05, 0.1) is 13.2 Å². The number of halogens is 4. The molecule has 1 atom stereocenters. The van der Waals surface area contributed by atoms with Crippen molar-refractivity contribution >= 4 is 12.0 Å². The fraction of sp³-hybridized carbons (Fsp3) is 0.481. The number of carbonyl (C=O) groups excluding carboxylic acids is 1. The molecule has 0 aliphatic heterocycles. The minimum atomic E-state index is -2.98. The minimum Gasteiger partial charge on any atom is -0.492 e. The predicted octanol–water partition coefficient (Wildman–Crippen LogP) is 4.65. The van der Waals surface area contributed by atoms with Crippen molar-refractivity contribution in [2.24, 2.45) is 0 Å². The molecule has 2 amide bonds. The standard InChI is InChI=1S/C27H34F4N2O6/c1-3-27(30,31)18-37-13-11-33(26(36)32-17-20-7-8-21(28)16-23(20)29)12-14-39-22-9-5-19(6-10-22)15-24(25(34)35)38-4-2/h5-10,16,24H,3-4,11-15,17-18H2,1-2H3,(H,32,36)(H,34,35). The molecule has 2 rings (SSSR count). The molecular weight excluding hydrogens is 524 g/mol. The van der Waals surface area contributed by atoms with Crippen LogP contribution < -0.4 is 10.1 Å². The Morgan fingerprint density at radius 1 is 1.05 bits per heavy atom. The van der Waals surface area contributed by atoms with E-state index in [1.807, 2.05) is 0 Å². The topological polar surface area (TPSA) is 97.3 Å². The van der Waals surface area contributed by atoms with Crippen LogP contribution in [-0.4, -0.2) is 73.6 Å². The van der Waals surface area contributed by atoms with E-state index in [0.717, 1.165) is 11.6 Å². The number of carboxylic acids is 1. The van der Waals surface area contributed by atoms with Gasteiger partial charge >= 0.3 is 12.0 Å². The van der Waals surface area contributed by atoms with Gasteiger partial charge in [-0.25, -0.2) is 27.2 Å². The molecule has 2 aromatic carbocycles. The van der Waals surface area contributed by atoms with Crippen molar-refractivity contribution in [2.45, 2.75) is 45.3 Å². The highest BCUT2D eigenvalue weighted by molar-refractivity contribution is 5.74. The van der Waals surface area contributed by atoms with E-state index in [1.54, 1.807) is 31.2 Å². The molecule has 12 heteroatoms. The van der Waals surface area contributed by atoms with Crippen LogP contribution in [0.5, 0.6) is 5.75 Å². The van der Waals surface area contributed by atoms with E-state index >= 15 is 0 Å². The summed E-state index contributed by atoms with van der Waals surface area (Å²) in [6, 6.07) is 9.09. The van der Waals surface area contributed by atoms with Gasteiger partial charge in [-0.2, -0.15) is 0 Å². The van der Waals surface area contributed by atoms with Crippen LogP contribution in [0.2, 0.25) is 0 Å². The maximum absolute atomic E-state index is 13.9. The van der Waals surface area contributed by atoms with Crippen LogP contribution in [0.1, 0.15) is 31.4 Å². The molecule has 0 spiro atoms. The lowest BCUT2D eigenvalue weighted by Gasteiger charge is -2.24. The van der Waals surface area contributed by atoms with Crippen LogP contribution >= 0.6 is 0 Å². The lowest BCUT2D eigenvalue weighted by molar-refractivity contribution is -0.149. The van der Waals surface area contributed by atoms with Crippen molar-refractivity contribution in [3.8, 4) is 5.75 Å². The molecule has 39 heavy (non-hydrogen) atoms. The van der Waals surface area contributed by atoms with E-state index in [2.05, 4.69) is 5.32 Å². The average molecular weight is 559 g/mol. The number of benzene rings is 2. The van der Waals surface area contributed by atoms with Crippen molar-refractivity contribution in [3.63, 3.8) is 0 Å². The molecule has 0 radical (unpaired) electrons. The summed E-state index contributed by atoms with van der Waals surface area (Å²) >= 11 is 0. The van der Waals surface area contributed by atoms with Gasteiger partial charge in [0, 0.05) is 44.2 Å². The molecule has 0 aliphatic rings. The highest BCUT2D eigenvalue weighted by Crippen LogP contribution is 2.18. The Balaban J connectivity index is 1.93. The highest BCUT2D eigenvalue weighted by atomic mass is 19.3. The van der Waals surface area contributed by atoms with Crippen LogP contribution in [-0.2, 0) is 27.2 Å². The molecule has 0 aliphatic carbocycles. The summed E-state index contributed by atoms with van der Waals surface area (Å²) < 4.78 is 69.9. The zero-order valence-electron chi connectivity index (χ0n) is 21.9. The van der Waals surface area contributed by atoms with E-state index in [9.17, 15) is 32.3 Å². The lowest BCUT2D eigenvalue weighted by Crippen LogP contribution is -2.43. The number of urea groups is 1. The Hall–Kier alpha value is -3.38.